The summed E-state index contributed by atoms with van der Waals surface area (Å²) in [4.78, 5) is 31.3. The monoisotopic (exact) mass is 393 g/mol. The van der Waals surface area contributed by atoms with Gasteiger partial charge in [0.1, 0.15) is 10.6 Å². The maximum absolute atomic E-state index is 12.6. The van der Waals surface area contributed by atoms with Crippen LogP contribution in [0.15, 0.2) is 18.2 Å². The average Bonchev–Trinajstić information content (AvgIpc) is 3.21. The third-order valence-electron chi connectivity index (χ3n) is 4.43. The number of amides is 2. The zero-order valence-corrected chi connectivity index (χ0v) is 16.2. The van der Waals surface area contributed by atoms with Crippen LogP contribution in [0.3, 0.4) is 0 Å². The molecule has 1 aliphatic rings. The Bertz CT molecular complexity index is 846. The minimum atomic E-state index is -0.390. The Balaban J connectivity index is 1.85. The quantitative estimate of drug-likeness (QED) is 0.756. The van der Waals surface area contributed by atoms with E-state index in [0.29, 0.717) is 20.7 Å². The van der Waals surface area contributed by atoms with Gasteiger partial charge in [-0.25, -0.2) is 4.98 Å². The molecule has 0 bridgehead atoms. The first kappa shape index (κ1) is 18.7. The summed E-state index contributed by atoms with van der Waals surface area (Å²) < 4.78 is 0. The molecular weight excluding hydrogens is 374 g/mol. The summed E-state index contributed by atoms with van der Waals surface area (Å²) in [5.41, 5.74) is 0.782. The van der Waals surface area contributed by atoms with E-state index in [1.54, 1.807) is 11.8 Å². The topological polar surface area (TPSA) is 82.5 Å². The van der Waals surface area contributed by atoms with Crippen molar-refractivity contribution in [3.05, 3.63) is 33.8 Å². The molecule has 1 fully saturated rings. The van der Waals surface area contributed by atoms with Crippen LogP contribution < -0.4 is 10.2 Å². The number of carbonyl (C=O) groups excluding carboxylic acids is 2. The van der Waals surface area contributed by atoms with Gasteiger partial charge in [0.15, 0.2) is 5.13 Å². The lowest BCUT2D eigenvalue weighted by atomic mass is 10.2. The Morgan fingerprint density at radius 1 is 1.35 bits per heavy atom. The maximum Gasteiger partial charge on any atom is 0.267 e. The van der Waals surface area contributed by atoms with Crippen LogP contribution in [0.25, 0.3) is 0 Å². The van der Waals surface area contributed by atoms with E-state index < -0.39 is 5.91 Å². The van der Waals surface area contributed by atoms with Crippen molar-refractivity contribution >= 4 is 45.6 Å². The second-order valence-electron chi connectivity index (χ2n) is 6.35. The van der Waals surface area contributed by atoms with Crippen LogP contribution in [-0.4, -0.2) is 27.9 Å². The molecule has 1 aromatic carbocycles. The van der Waals surface area contributed by atoms with E-state index in [2.05, 4.69) is 10.3 Å². The molecule has 1 saturated carbocycles. The molecule has 0 atom stereocenters. The normalized spacial score (nSPS) is 14.4. The summed E-state index contributed by atoms with van der Waals surface area (Å²) in [7, 11) is 0. The number of rotatable bonds is 4. The Morgan fingerprint density at radius 3 is 2.69 bits per heavy atom. The molecule has 2 N–H and O–H groups in total. The van der Waals surface area contributed by atoms with Crippen LogP contribution in [-0.2, 0) is 4.79 Å². The van der Waals surface area contributed by atoms with Crippen molar-refractivity contribution in [3.63, 3.8) is 0 Å². The highest BCUT2D eigenvalue weighted by Gasteiger charge is 2.29. The van der Waals surface area contributed by atoms with Crippen molar-refractivity contribution < 1.29 is 14.7 Å². The number of aryl methyl sites for hydroxylation is 1. The average molecular weight is 394 g/mol. The standard InChI is InChI=1S/C18H20ClN3O3S/c1-10-16(17(25)21-14-9-12(19)7-8-15(14)24)26-18(20-10)22(11(2)23)13-5-3-4-6-13/h7-9,13,24H,3-6H2,1-2H3,(H,21,25). The number of aromatic hydroxyl groups is 1. The van der Waals surface area contributed by atoms with E-state index in [9.17, 15) is 14.7 Å². The lowest BCUT2D eigenvalue weighted by Gasteiger charge is -2.24. The molecule has 6 nitrogen and oxygen atoms in total. The Labute approximate surface area is 160 Å². The van der Waals surface area contributed by atoms with Crippen molar-refractivity contribution in [2.45, 2.75) is 45.6 Å². The minimum Gasteiger partial charge on any atom is -0.506 e. The molecule has 1 aliphatic carbocycles. The summed E-state index contributed by atoms with van der Waals surface area (Å²) >= 11 is 7.10. The third-order valence-corrected chi connectivity index (χ3v) is 5.82. The molecular formula is C18H20ClN3O3S. The first-order valence-electron chi connectivity index (χ1n) is 8.44. The molecule has 0 spiro atoms. The molecule has 0 unspecified atom stereocenters. The second kappa shape index (κ2) is 7.63. The number of nitrogens with zero attached hydrogens (tertiary/aromatic N) is 2. The highest BCUT2D eigenvalue weighted by atomic mass is 35.5. The van der Waals surface area contributed by atoms with Gasteiger partial charge >= 0.3 is 0 Å². The van der Waals surface area contributed by atoms with Gasteiger partial charge in [0, 0.05) is 18.0 Å². The van der Waals surface area contributed by atoms with Crippen molar-refractivity contribution in [2.24, 2.45) is 0 Å². The molecule has 0 saturated heterocycles. The Kier molecular flexibility index (Phi) is 5.48. The van der Waals surface area contributed by atoms with Crippen LogP contribution in [0.4, 0.5) is 10.8 Å². The van der Waals surface area contributed by atoms with Crippen LogP contribution in [0, 0.1) is 6.92 Å². The van der Waals surface area contributed by atoms with E-state index in [4.69, 9.17) is 11.6 Å². The van der Waals surface area contributed by atoms with Crippen molar-refractivity contribution in [2.75, 3.05) is 10.2 Å². The molecule has 8 heteroatoms. The maximum atomic E-state index is 12.6. The summed E-state index contributed by atoms with van der Waals surface area (Å²) in [6.45, 7) is 3.26. The molecule has 2 amide bonds. The number of hydrogen-bond donors (Lipinski definition) is 2. The SMILES string of the molecule is CC(=O)N(c1nc(C)c(C(=O)Nc2cc(Cl)ccc2O)s1)C1CCCC1. The van der Waals surface area contributed by atoms with E-state index in [1.165, 1.54) is 36.5 Å². The molecule has 3 rings (SSSR count). The van der Waals surface area contributed by atoms with Crippen LogP contribution in [0.5, 0.6) is 5.75 Å². The number of benzene rings is 1. The number of phenolic OH excluding ortho intramolecular Hbond substituents is 1. The third kappa shape index (κ3) is 3.83. The Hall–Kier alpha value is -2.12. The van der Waals surface area contributed by atoms with Gasteiger partial charge in [0.2, 0.25) is 5.91 Å². The summed E-state index contributed by atoms with van der Waals surface area (Å²) in [5, 5.41) is 13.5. The van der Waals surface area contributed by atoms with Crippen molar-refractivity contribution in [1.29, 1.82) is 0 Å². The van der Waals surface area contributed by atoms with Crippen molar-refractivity contribution in [1.82, 2.24) is 4.98 Å². The zero-order chi connectivity index (χ0) is 18.8. The lowest BCUT2D eigenvalue weighted by molar-refractivity contribution is -0.117. The molecule has 0 radical (unpaired) electrons. The van der Waals surface area contributed by atoms with E-state index >= 15 is 0 Å². The first-order valence-corrected chi connectivity index (χ1v) is 9.63. The van der Waals surface area contributed by atoms with E-state index in [1.807, 2.05) is 0 Å². The fourth-order valence-electron chi connectivity index (χ4n) is 3.19. The van der Waals surface area contributed by atoms with Crippen LogP contribution in [0.1, 0.15) is 48.0 Å². The molecule has 26 heavy (non-hydrogen) atoms. The zero-order valence-electron chi connectivity index (χ0n) is 14.6. The highest BCUT2D eigenvalue weighted by molar-refractivity contribution is 7.18. The van der Waals surface area contributed by atoms with Gasteiger partial charge < -0.3 is 10.4 Å². The fraction of sp³-hybridized carbons (Fsp3) is 0.389. The van der Waals surface area contributed by atoms with Gasteiger partial charge in [0.25, 0.3) is 5.91 Å². The number of carbonyl (C=O) groups is 2. The van der Waals surface area contributed by atoms with E-state index in [-0.39, 0.29) is 23.4 Å². The number of nitrogens with one attached hydrogen (secondary N) is 1. The lowest BCUT2D eigenvalue weighted by Crippen LogP contribution is -2.37. The van der Waals surface area contributed by atoms with Gasteiger partial charge in [-0.2, -0.15) is 0 Å². The van der Waals surface area contributed by atoms with Gasteiger partial charge in [-0.1, -0.05) is 35.8 Å². The first-order chi connectivity index (χ1) is 12.4. The number of phenols is 1. The second-order valence-corrected chi connectivity index (χ2v) is 7.77. The summed E-state index contributed by atoms with van der Waals surface area (Å²) in [6, 6.07) is 4.58. The Morgan fingerprint density at radius 2 is 2.04 bits per heavy atom. The fourth-order valence-corrected chi connectivity index (χ4v) is 4.44. The van der Waals surface area contributed by atoms with Crippen LogP contribution >= 0.6 is 22.9 Å². The molecule has 1 heterocycles. The van der Waals surface area contributed by atoms with Gasteiger partial charge in [-0.3, -0.25) is 14.5 Å². The summed E-state index contributed by atoms with van der Waals surface area (Å²) in [6.07, 6.45) is 4.10. The van der Waals surface area contributed by atoms with Gasteiger partial charge in [0.05, 0.1) is 11.4 Å². The summed E-state index contributed by atoms with van der Waals surface area (Å²) in [5.74, 6) is -0.523. The van der Waals surface area contributed by atoms with E-state index in [0.717, 1.165) is 25.7 Å². The van der Waals surface area contributed by atoms with Gasteiger partial charge in [-0.05, 0) is 38.0 Å². The largest absolute Gasteiger partial charge is 0.506 e. The number of hydrogen-bond acceptors (Lipinski definition) is 5. The van der Waals surface area contributed by atoms with Crippen LogP contribution in [0.2, 0.25) is 5.02 Å². The predicted molar refractivity (Wildman–Crippen MR) is 103 cm³/mol. The molecule has 2 aromatic rings. The smallest absolute Gasteiger partial charge is 0.267 e. The number of halogens is 1. The molecule has 0 aliphatic heterocycles. The predicted octanol–water partition coefficient (Wildman–Crippen LogP) is 4.36. The van der Waals surface area contributed by atoms with Gasteiger partial charge in [-0.15, -0.1) is 0 Å². The number of thiazole rings is 1. The molecule has 138 valence electrons. The van der Waals surface area contributed by atoms with Crippen molar-refractivity contribution in [3.8, 4) is 5.75 Å². The number of aromatic nitrogens is 1. The number of anilines is 2. The highest BCUT2D eigenvalue weighted by Crippen LogP contribution is 2.34. The molecule has 1 aromatic heterocycles. The minimum absolute atomic E-state index is 0.0647.